The van der Waals surface area contributed by atoms with E-state index in [2.05, 4.69) is 20.5 Å². The van der Waals surface area contributed by atoms with Crippen LogP contribution in [0.1, 0.15) is 108 Å². The zero-order chi connectivity index (χ0) is 39.5. The summed E-state index contributed by atoms with van der Waals surface area (Å²) in [6, 6.07) is 8.00. The highest BCUT2D eigenvalue weighted by Gasteiger charge is 2.44. The Morgan fingerprint density at radius 3 is 2.34 bits per heavy atom. The van der Waals surface area contributed by atoms with Crippen LogP contribution in [-0.4, -0.2) is 95.9 Å². The van der Waals surface area contributed by atoms with Crippen LogP contribution >= 0.6 is 11.3 Å². The Morgan fingerprint density at radius 2 is 1.77 bits per heavy atom. The van der Waals surface area contributed by atoms with Gasteiger partial charge in [0.1, 0.15) is 16.7 Å². The van der Waals surface area contributed by atoms with Crippen molar-refractivity contribution in [1.82, 2.24) is 20.1 Å². The van der Waals surface area contributed by atoms with E-state index in [0.717, 1.165) is 29.9 Å². The maximum atomic E-state index is 14.2. The van der Waals surface area contributed by atoms with Gasteiger partial charge in [0.25, 0.3) is 0 Å². The predicted octanol–water partition coefficient (Wildman–Crippen LogP) is 6.04. The molecule has 14 heteroatoms. The van der Waals surface area contributed by atoms with Crippen molar-refractivity contribution >= 4 is 41.0 Å². The van der Waals surface area contributed by atoms with Crippen molar-refractivity contribution in [3.05, 3.63) is 52.0 Å². The predicted molar refractivity (Wildman–Crippen MR) is 203 cm³/mol. The molecule has 53 heavy (non-hydrogen) atoms. The van der Waals surface area contributed by atoms with Crippen molar-refractivity contribution in [1.29, 1.82) is 0 Å². The van der Waals surface area contributed by atoms with Crippen LogP contribution < -0.4 is 5.32 Å². The number of benzene rings is 1. The van der Waals surface area contributed by atoms with Gasteiger partial charge in [0, 0.05) is 31.8 Å². The number of hydrogen-bond donors (Lipinski definition) is 1. The Bertz CT molecular complexity index is 1580. The maximum Gasteiger partial charge on any atom is 0.314 e. The Balaban J connectivity index is 1.82. The number of thiazole rings is 1. The van der Waals surface area contributed by atoms with Gasteiger partial charge >= 0.3 is 17.8 Å². The Labute approximate surface area is 318 Å². The summed E-state index contributed by atoms with van der Waals surface area (Å²) in [6.45, 7) is 13.7. The number of carbonyl (C=O) groups excluding carboxylic acids is 5. The van der Waals surface area contributed by atoms with E-state index < -0.39 is 47.6 Å². The van der Waals surface area contributed by atoms with Crippen LogP contribution in [0.4, 0.5) is 0 Å². The normalized spacial score (nSPS) is 19.6. The van der Waals surface area contributed by atoms with E-state index in [1.165, 1.54) is 14.0 Å². The third kappa shape index (κ3) is 11.7. The molecule has 2 aromatic rings. The molecule has 1 aliphatic rings. The third-order valence-electron chi connectivity index (χ3n) is 10.5. The highest BCUT2D eigenvalue weighted by molar-refractivity contribution is 7.09. The minimum atomic E-state index is -0.854. The highest BCUT2D eigenvalue weighted by atomic mass is 32.1. The second-order valence-corrected chi connectivity index (χ2v) is 15.7. The first-order valence-corrected chi connectivity index (χ1v) is 19.4. The van der Waals surface area contributed by atoms with Crippen molar-refractivity contribution in [3.63, 3.8) is 0 Å². The van der Waals surface area contributed by atoms with Crippen molar-refractivity contribution in [2.45, 2.75) is 117 Å². The number of methoxy groups -OCH3 is 1. The molecule has 0 spiro atoms. The van der Waals surface area contributed by atoms with Gasteiger partial charge in [-0.1, -0.05) is 71.4 Å². The number of likely N-dealkylation sites (N-methyl/N-ethyl adjacent to an activating group) is 2. The number of esters is 2. The van der Waals surface area contributed by atoms with E-state index in [1.54, 1.807) is 24.3 Å². The third-order valence-corrected chi connectivity index (χ3v) is 11.4. The lowest BCUT2D eigenvalue weighted by Gasteiger charge is -2.38. The minimum Gasteiger partial charge on any atom is -0.469 e. The van der Waals surface area contributed by atoms with Gasteiger partial charge < -0.3 is 19.7 Å². The number of hydrogen-bond acceptors (Lipinski definition) is 11. The molecule has 1 aromatic heterocycles. The summed E-state index contributed by atoms with van der Waals surface area (Å²) in [7, 11) is 4.98. The summed E-state index contributed by atoms with van der Waals surface area (Å²) in [5.74, 6) is -2.59. The van der Waals surface area contributed by atoms with Crippen LogP contribution in [-0.2, 0) is 35.1 Å². The number of rotatable bonds is 18. The fraction of sp³-hybridized carbons (Fsp3) is 0.641. The first kappa shape index (κ1) is 43.4. The Morgan fingerprint density at radius 1 is 1.09 bits per heavy atom. The highest BCUT2D eigenvalue weighted by Crippen LogP contribution is 2.32. The van der Waals surface area contributed by atoms with Crippen LogP contribution in [0, 0.1) is 17.8 Å². The molecule has 292 valence electrons. The van der Waals surface area contributed by atoms with Crippen LogP contribution in [0.15, 0.2) is 45.9 Å². The van der Waals surface area contributed by atoms with Gasteiger partial charge in [0.2, 0.25) is 11.8 Å². The van der Waals surface area contributed by atoms with E-state index >= 15 is 0 Å². The number of amides is 3. The second kappa shape index (κ2) is 19.9. The van der Waals surface area contributed by atoms with Gasteiger partial charge in [-0.2, -0.15) is 5.11 Å². The van der Waals surface area contributed by atoms with Crippen LogP contribution in [0.5, 0.6) is 0 Å². The summed E-state index contributed by atoms with van der Waals surface area (Å²) in [5.41, 5.74) is 0.338. The van der Waals surface area contributed by atoms with Gasteiger partial charge in [-0.25, -0.2) is 4.98 Å². The first-order chi connectivity index (χ1) is 25.0. The van der Waals surface area contributed by atoms with Crippen molar-refractivity contribution < 1.29 is 33.4 Å². The molecule has 1 N–H and O–H groups in total. The van der Waals surface area contributed by atoms with E-state index in [1.807, 2.05) is 76.9 Å². The van der Waals surface area contributed by atoms with Gasteiger partial charge in [0.15, 0.2) is 6.10 Å². The summed E-state index contributed by atoms with van der Waals surface area (Å²) in [4.78, 5) is 73.7. The summed E-state index contributed by atoms with van der Waals surface area (Å²) in [6.07, 6.45) is 2.47. The SMILES string of the molecule is CC[C@H](C)[C@H](NC(=O)[C@]1(C)CCCN1C)C(=O)N(C)[C@H](C[C@@H](OC(C)=O)c1nc(C(=O)N=N[C@@H](Cc2ccccc2)C[C@H](C)C(=O)OC)cs1)C(C)C. The molecular weight excluding hydrogens is 697 g/mol. The van der Waals surface area contributed by atoms with Gasteiger partial charge in [-0.3, -0.25) is 28.9 Å². The van der Waals surface area contributed by atoms with E-state index in [9.17, 15) is 24.0 Å². The monoisotopic (exact) mass is 754 g/mol. The molecule has 1 aromatic carbocycles. The topological polar surface area (TPSA) is 160 Å². The van der Waals surface area contributed by atoms with Crippen molar-refractivity contribution in [2.75, 3.05) is 27.7 Å². The molecule has 1 saturated heterocycles. The number of nitrogens with zero attached hydrogens (tertiary/aromatic N) is 5. The number of nitrogens with one attached hydrogen (secondary N) is 1. The fourth-order valence-corrected chi connectivity index (χ4v) is 7.56. The molecule has 1 fully saturated rings. The average Bonchev–Trinajstić information content (AvgIpc) is 3.76. The molecule has 0 bridgehead atoms. The zero-order valence-corrected chi connectivity index (χ0v) is 33.8. The van der Waals surface area contributed by atoms with Crippen molar-refractivity contribution in [2.24, 2.45) is 28.0 Å². The van der Waals surface area contributed by atoms with E-state index in [-0.39, 0.29) is 41.7 Å². The lowest BCUT2D eigenvalue weighted by Crippen LogP contribution is -2.60. The number of aromatic nitrogens is 1. The zero-order valence-electron chi connectivity index (χ0n) is 33.0. The Kier molecular flexibility index (Phi) is 16.3. The number of azo groups is 1. The van der Waals surface area contributed by atoms with Crippen LogP contribution in [0.25, 0.3) is 0 Å². The smallest absolute Gasteiger partial charge is 0.314 e. The second-order valence-electron chi connectivity index (χ2n) is 14.8. The largest absolute Gasteiger partial charge is 0.469 e. The quantitative estimate of drug-likeness (QED) is 0.141. The number of likely N-dealkylation sites (tertiary alicyclic amines) is 1. The molecule has 0 unspecified atom stereocenters. The standard InChI is InChI=1S/C39H58N6O7S/c1-11-25(4)33(41-38(50)39(7)18-15-19-44(39)8)36(48)45(9)31(24(2)3)22-32(52-27(6)46)35-40-30(23-53-35)34(47)43-42-29(20-26(5)37(49)51-10)21-28-16-13-12-14-17-28/h12-14,16-17,23-26,29,31-33H,11,15,18-22H2,1-10H3,(H,41,50)/t25-,26-,29+,31+,32+,33-,39-/m0/s1. The molecule has 0 saturated carbocycles. The van der Waals surface area contributed by atoms with E-state index in [4.69, 9.17) is 9.47 Å². The molecule has 1 aliphatic heterocycles. The molecule has 0 aliphatic carbocycles. The van der Waals surface area contributed by atoms with Crippen molar-refractivity contribution in [3.8, 4) is 0 Å². The lowest BCUT2D eigenvalue weighted by atomic mass is 9.91. The van der Waals surface area contributed by atoms with Crippen LogP contribution in [0.3, 0.4) is 0 Å². The van der Waals surface area contributed by atoms with Gasteiger partial charge in [-0.05, 0) is 63.6 Å². The maximum absolute atomic E-state index is 14.2. The summed E-state index contributed by atoms with van der Waals surface area (Å²) >= 11 is 1.16. The molecule has 3 rings (SSSR count). The minimum absolute atomic E-state index is 0.0424. The average molecular weight is 755 g/mol. The van der Waals surface area contributed by atoms with Crippen LogP contribution in [0.2, 0.25) is 0 Å². The van der Waals surface area contributed by atoms with E-state index in [0.29, 0.717) is 30.7 Å². The molecule has 3 amide bonds. The molecule has 13 nitrogen and oxygen atoms in total. The van der Waals surface area contributed by atoms with Gasteiger partial charge in [0.05, 0.1) is 24.6 Å². The molecular formula is C39H58N6O7S. The summed E-state index contributed by atoms with van der Waals surface area (Å²) in [5, 5.41) is 13.3. The molecule has 0 radical (unpaired) electrons. The number of carbonyl (C=O) groups is 5. The Hall–Kier alpha value is -4.04. The lowest BCUT2D eigenvalue weighted by molar-refractivity contribution is -0.149. The summed E-state index contributed by atoms with van der Waals surface area (Å²) < 4.78 is 10.6. The first-order valence-electron chi connectivity index (χ1n) is 18.5. The molecule has 7 atom stereocenters. The number of ether oxygens (including phenoxy) is 2. The molecule has 2 heterocycles. The fourth-order valence-electron chi connectivity index (χ4n) is 6.73. The van der Waals surface area contributed by atoms with Gasteiger partial charge in [-0.15, -0.1) is 16.5 Å².